The minimum absolute atomic E-state index is 0.0435. The molecule has 3 rings (SSSR count). The number of aromatic nitrogens is 1. The van der Waals surface area contributed by atoms with Crippen molar-refractivity contribution in [2.24, 2.45) is 0 Å². The van der Waals surface area contributed by atoms with E-state index in [1.54, 1.807) is 0 Å². The van der Waals surface area contributed by atoms with Crippen LogP contribution in [0.15, 0.2) is 24.3 Å². The number of hydrogen-bond donors (Lipinski definition) is 2. The quantitative estimate of drug-likeness (QED) is 0.883. The van der Waals surface area contributed by atoms with E-state index in [1.807, 2.05) is 14.0 Å². The molecule has 1 aromatic carbocycles. The van der Waals surface area contributed by atoms with Gasteiger partial charge in [0.15, 0.2) is 0 Å². The first-order valence-corrected chi connectivity index (χ1v) is 8.67. The zero-order chi connectivity index (χ0) is 16.2. The molecule has 0 saturated heterocycles. The van der Waals surface area contributed by atoms with Gasteiger partial charge in [0.05, 0.1) is 11.3 Å². The first-order valence-electron chi connectivity index (χ1n) is 7.90. The SMILES string of the molecule is CNc1snc(C)c1C(=O)NCCN1CCc2ccccc2C1. The van der Waals surface area contributed by atoms with Crippen molar-refractivity contribution in [2.75, 3.05) is 32.0 Å². The molecule has 0 bridgehead atoms. The van der Waals surface area contributed by atoms with Crippen molar-refractivity contribution in [1.82, 2.24) is 14.6 Å². The summed E-state index contributed by atoms with van der Waals surface area (Å²) in [7, 11) is 1.81. The van der Waals surface area contributed by atoms with E-state index in [-0.39, 0.29) is 5.91 Å². The van der Waals surface area contributed by atoms with Crippen molar-refractivity contribution >= 4 is 22.4 Å². The number of amides is 1. The van der Waals surface area contributed by atoms with Crippen molar-refractivity contribution < 1.29 is 4.79 Å². The largest absolute Gasteiger partial charge is 0.378 e. The fraction of sp³-hybridized carbons (Fsp3) is 0.412. The van der Waals surface area contributed by atoms with Gasteiger partial charge in [0.1, 0.15) is 5.00 Å². The highest BCUT2D eigenvalue weighted by Gasteiger charge is 2.18. The summed E-state index contributed by atoms with van der Waals surface area (Å²) in [5, 5.41) is 6.88. The van der Waals surface area contributed by atoms with E-state index in [1.165, 1.54) is 22.7 Å². The van der Waals surface area contributed by atoms with Gasteiger partial charge in [-0.25, -0.2) is 0 Å². The molecular weight excluding hydrogens is 308 g/mol. The van der Waals surface area contributed by atoms with E-state index >= 15 is 0 Å². The number of nitrogens with zero attached hydrogens (tertiary/aromatic N) is 2. The highest BCUT2D eigenvalue weighted by Crippen LogP contribution is 2.23. The smallest absolute Gasteiger partial charge is 0.256 e. The number of hydrogen-bond acceptors (Lipinski definition) is 5. The Hall–Kier alpha value is -1.92. The molecular formula is C17H22N4OS. The van der Waals surface area contributed by atoms with Crippen molar-refractivity contribution in [1.29, 1.82) is 0 Å². The first-order chi connectivity index (χ1) is 11.2. The van der Waals surface area contributed by atoms with Crippen LogP contribution in [0.25, 0.3) is 0 Å². The van der Waals surface area contributed by atoms with Gasteiger partial charge in [-0.15, -0.1) is 0 Å². The molecule has 0 aliphatic carbocycles. The molecule has 1 aromatic heterocycles. The van der Waals surface area contributed by atoms with Crippen LogP contribution >= 0.6 is 11.5 Å². The van der Waals surface area contributed by atoms with Crippen LogP contribution < -0.4 is 10.6 Å². The molecule has 0 atom stereocenters. The van der Waals surface area contributed by atoms with Crippen LogP contribution in [0.2, 0.25) is 0 Å². The van der Waals surface area contributed by atoms with Gasteiger partial charge in [-0.05, 0) is 36.0 Å². The maximum absolute atomic E-state index is 12.3. The van der Waals surface area contributed by atoms with Crippen LogP contribution in [0.1, 0.15) is 27.2 Å². The normalized spacial score (nSPS) is 14.3. The summed E-state index contributed by atoms with van der Waals surface area (Å²) in [6.07, 6.45) is 1.08. The number of nitrogens with one attached hydrogen (secondary N) is 2. The molecule has 0 spiro atoms. The zero-order valence-corrected chi connectivity index (χ0v) is 14.4. The van der Waals surface area contributed by atoms with Gasteiger partial charge in [-0.2, -0.15) is 4.37 Å². The summed E-state index contributed by atoms with van der Waals surface area (Å²) in [6, 6.07) is 8.60. The lowest BCUT2D eigenvalue weighted by molar-refractivity contribution is 0.0947. The molecule has 0 radical (unpaired) electrons. The predicted molar refractivity (Wildman–Crippen MR) is 94.2 cm³/mol. The number of rotatable bonds is 5. The fourth-order valence-corrected chi connectivity index (χ4v) is 3.71. The second-order valence-electron chi connectivity index (χ2n) is 5.77. The van der Waals surface area contributed by atoms with Crippen LogP contribution in [0.4, 0.5) is 5.00 Å². The molecule has 6 heteroatoms. The van der Waals surface area contributed by atoms with Gasteiger partial charge in [0, 0.05) is 33.2 Å². The third kappa shape index (κ3) is 3.54. The molecule has 5 nitrogen and oxygen atoms in total. The van der Waals surface area contributed by atoms with Gasteiger partial charge in [-0.1, -0.05) is 24.3 Å². The molecule has 122 valence electrons. The number of fused-ring (bicyclic) bond motifs is 1. The standard InChI is InChI=1S/C17H22N4OS/c1-12-15(17(18-2)23-20-12)16(22)19-8-10-21-9-7-13-5-3-4-6-14(13)11-21/h3-6,18H,7-11H2,1-2H3,(H,19,22). The number of anilines is 1. The number of aryl methyl sites for hydroxylation is 1. The molecule has 0 unspecified atom stereocenters. The van der Waals surface area contributed by atoms with E-state index < -0.39 is 0 Å². The van der Waals surface area contributed by atoms with E-state index in [0.717, 1.165) is 36.8 Å². The Kier molecular flexibility index (Phi) is 4.93. The summed E-state index contributed by atoms with van der Waals surface area (Å²) < 4.78 is 4.24. The average Bonchev–Trinajstić information content (AvgIpc) is 2.95. The lowest BCUT2D eigenvalue weighted by atomic mass is 10.00. The molecule has 2 aromatic rings. The Balaban J connectivity index is 1.52. The number of carbonyl (C=O) groups excluding carboxylic acids is 1. The first kappa shape index (κ1) is 16.0. The lowest BCUT2D eigenvalue weighted by Crippen LogP contribution is -2.38. The second-order valence-corrected chi connectivity index (χ2v) is 6.55. The summed E-state index contributed by atoms with van der Waals surface area (Å²) in [6.45, 7) is 5.40. The third-order valence-corrected chi connectivity index (χ3v) is 5.20. The summed E-state index contributed by atoms with van der Waals surface area (Å²) >= 11 is 1.33. The van der Waals surface area contributed by atoms with Crippen LogP contribution in [0, 0.1) is 6.92 Å². The average molecular weight is 330 g/mol. The maximum atomic E-state index is 12.3. The van der Waals surface area contributed by atoms with Gasteiger partial charge in [-0.3, -0.25) is 9.69 Å². The lowest BCUT2D eigenvalue weighted by Gasteiger charge is -2.28. The van der Waals surface area contributed by atoms with Crippen LogP contribution in [-0.4, -0.2) is 41.9 Å². The maximum Gasteiger partial charge on any atom is 0.256 e. The van der Waals surface area contributed by atoms with Crippen molar-refractivity contribution in [3.05, 3.63) is 46.6 Å². The molecule has 0 fully saturated rings. The molecule has 2 N–H and O–H groups in total. The van der Waals surface area contributed by atoms with Crippen LogP contribution in [0.3, 0.4) is 0 Å². The molecule has 23 heavy (non-hydrogen) atoms. The highest BCUT2D eigenvalue weighted by atomic mass is 32.1. The van der Waals surface area contributed by atoms with E-state index in [4.69, 9.17) is 0 Å². The third-order valence-electron chi connectivity index (χ3n) is 4.24. The Labute approximate surface area is 140 Å². The summed E-state index contributed by atoms with van der Waals surface area (Å²) in [4.78, 5) is 14.7. The molecule has 0 saturated carbocycles. The molecule has 1 aliphatic rings. The Morgan fingerprint density at radius 2 is 2.13 bits per heavy atom. The fourth-order valence-electron chi connectivity index (χ4n) is 2.97. The monoisotopic (exact) mass is 330 g/mol. The number of carbonyl (C=O) groups is 1. The highest BCUT2D eigenvalue weighted by molar-refractivity contribution is 7.10. The summed E-state index contributed by atoms with van der Waals surface area (Å²) in [5.74, 6) is -0.0435. The molecule has 1 amide bonds. The van der Waals surface area contributed by atoms with Crippen LogP contribution in [0.5, 0.6) is 0 Å². The Bertz CT molecular complexity index is 698. The Morgan fingerprint density at radius 1 is 1.35 bits per heavy atom. The second kappa shape index (κ2) is 7.10. The Morgan fingerprint density at radius 3 is 2.91 bits per heavy atom. The topological polar surface area (TPSA) is 57.3 Å². The predicted octanol–water partition coefficient (Wildman–Crippen LogP) is 2.28. The number of benzene rings is 1. The van der Waals surface area contributed by atoms with Gasteiger partial charge >= 0.3 is 0 Å². The van der Waals surface area contributed by atoms with Crippen molar-refractivity contribution in [3.63, 3.8) is 0 Å². The van der Waals surface area contributed by atoms with E-state index in [0.29, 0.717) is 12.1 Å². The van der Waals surface area contributed by atoms with Crippen LogP contribution in [-0.2, 0) is 13.0 Å². The van der Waals surface area contributed by atoms with E-state index in [9.17, 15) is 4.79 Å². The zero-order valence-electron chi connectivity index (χ0n) is 13.6. The van der Waals surface area contributed by atoms with Gasteiger partial charge < -0.3 is 10.6 Å². The van der Waals surface area contributed by atoms with Crippen molar-refractivity contribution in [2.45, 2.75) is 19.9 Å². The summed E-state index contributed by atoms with van der Waals surface area (Å²) in [5.41, 5.74) is 4.30. The van der Waals surface area contributed by atoms with Gasteiger partial charge in [0.2, 0.25) is 0 Å². The minimum Gasteiger partial charge on any atom is -0.378 e. The molecule has 1 aliphatic heterocycles. The van der Waals surface area contributed by atoms with E-state index in [2.05, 4.69) is 44.2 Å². The minimum atomic E-state index is -0.0435. The van der Waals surface area contributed by atoms with Gasteiger partial charge in [0.25, 0.3) is 5.91 Å². The molecule has 2 heterocycles. The van der Waals surface area contributed by atoms with Crippen molar-refractivity contribution in [3.8, 4) is 0 Å².